The molecule has 0 saturated carbocycles. The predicted octanol–water partition coefficient (Wildman–Crippen LogP) is 2.31. The van der Waals surface area contributed by atoms with E-state index in [9.17, 15) is 10.1 Å². The quantitative estimate of drug-likeness (QED) is 0.628. The van der Waals surface area contributed by atoms with Crippen LogP contribution in [0.15, 0.2) is 11.1 Å². The Labute approximate surface area is 128 Å². The van der Waals surface area contributed by atoms with Gasteiger partial charge in [-0.05, 0) is 25.8 Å². The number of piperidine rings is 1. The molecule has 0 aliphatic carbocycles. The normalized spacial score (nSPS) is 16.5. The highest BCUT2D eigenvalue weighted by molar-refractivity contribution is 7.99. The van der Waals surface area contributed by atoms with Crippen molar-refractivity contribution in [3.63, 3.8) is 0 Å². The van der Waals surface area contributed by atoms with Gasteiger partial charge in [-0.1, -0.05) is 11.8 Å². The summed E-state index contributed by atoms with van der Waals surface area (Å²) in [6.45, 7) is 4.27. The number of nitriles is 1. The van der Waals surface area contributed by atoms with E-state index in [2.05, 4.69) is 16.0 Å². The van der Waals surface area contributed by atoms with Crippen molar-refractivity contribution in [2.75, 3.05) is 30.3 Å². The second-order valence-electron chi connectivity index (χ2n) is 5.21. The van der Waals surface area contributed by atoms with Crippen LogP contribution in [0.2, 0.25) is 0 Å². The molecule has 0 spiro atoms. The molecule has 3 aliphatic rings. The van der Waals surface area contributed by atoms with Crippen LogP contribution in [0.25, 0.3) is 0 Å². The molecule has 1 fully saturated rings. The molecule has 4 rings (SSSR count). The molecule has 0 amide bonds. The Morgan fingerprint density at radius 1 is 1.57 bits per heavy atom. The third-order valence-corrected chi connectivity index (χ3v) is 4.94. The molecule has 6 heteroatoms. The smallest absolute Gasteiger partial charge is 0.316 e. The molecule has 2 bridgehead atoms. The minimum Gasteiger partial charge on any atom is -0.465 e. The van der Waals surface area contributed by atoms with Gasteiger partial charge in [-0.2, -0.15) is 5.26 Å². The average Bonchev–Trinajstić information content (AvgIpc) is 2.53. The second kappa shape index (κ2) is 5.94. The summed E-state index contributed by atoms with van der Waals surface area (Å²) in [6, 6.07) is 4.13. The van der Waals surface area contributed by atoms with Crippen LogP contribution >= 0.6 is 11.8 Å². The lowest BCUT2D eigenvalue weighted by molar-refractivity contribution is -0.139. The van der Waals surface area contributed by atoms with Gasteiger partial charge in [0.25, 0.3) is 0 Å². The maximum atomic E-state index is 11.5. The van der Waals surface area contributed by atoms with Gasteiger partial charge in [0.15, 0.2) is 0 Å². The molecule has 1 aromatic heterocycles. The van der Waals surface area contributed by atoms with Gasteiger partial charge in [-0.25, -0.2) is 4.98 Å². The number of hydrogen-bond acceptors (Lipinski definition) is 6. The summed E-state index contributed by atoms with van der Waals surface area (Å²) >= 11 is 1.29. The molecular weight excluding hydrogens is 286 g/mol. The molecule has 0 N–H and O–H groups in total. The van der Waals surface area contributed by atoms with Crippen LogP contribution in [0.5, 0.6) is 0 Å². The van der Waals surface area contributed by atoms with Gasteiger partial charge in [0.1, 0.15) is 11.1 Å². The van der Waals surface area contributed by atoms with Crippen LogP contribution in [-0.4, -0.2) is 36.4 Å². The molecule has 110 valence electrons. The Morgan fingerprint density at radius 2 is 2.33 bits per heavy atom. The third-order valence-electron chi connectivity index (χ3n) is 3.97. The fourth-order valence-corrected chi connectivity index (χ4v) is 3.73. The van der Waals surface area contributed by atoms with E-state index in [1.165, 1.54) is 11.8 Å². The molecule has 0 unspecified atom stereocenters. The van der Waals surface area contributed by atoms with Gasteiger partial charge in [0.05, 0.1) is 29.3 Å². The number of anilines is 1. The van der Waals surface area contributed by atoms with Gasteiger partial charge in [-0.3, -0.25) is 4.79 Å². The van der Waals surface area contributed by atoms with Gasteiger partial charge < -0.3 is 9.64 Å². The van der Waals surface area contributed by atoms with E-state index in [1.807, 2.05) is 6.07 Å². The molecule has 0 radical (unpaired) electrons. The number of ether oxygens (including phenoxy) is 1. The first kappa shape index (κ1) is 14.2. The van der Waals surface area contributed by atoms with Gasteiger partial charge >= 0.3 is 5.97 Å². The lowest BCUT2D eigenvalue weighted by Crippen LogP contribution is -2.39. The van der Waals surface area contributed by atoms with Crippen LogP contribution in [0.1, 0.15) is 36.9 Å². The average molecular weight is 303 g/mol. The van der Waals surface area contributed by atoms with Gasteiger partial charge in [0, 0.05) is 19.0 Å². The summed E-state index contributed by atoms with van der Waals surface area (Å²) in [6.07, 6.45) is 2.27. The standard InChI is InChI=1S/C15H17N3O2S/c1-2-20-13(19)9-21-15-11(8-16)7-12-14(17-15)10-3-5-18(12)6-4-10/h7,10H,2-6,9H2,1H3. The van der Waals surface area contributed by atoms with Crippen molar-refractivity contribution in [3.8, 4) is 6.07 Å². The Kier molecular flexibility index (Phi) is 4.02. The monoisotopic (exact) mass is 303 g/mol. The summed E-state index contributed by atoms with van der Waals surface area (Å²) in [5.74, 6) is 0.429. The molecule has 1 saturated heterocycles. The number of esters is 1. The van der Waals surface area contributed by atoms with Crippen LogP contribution in [0.4, 0.5) is 5.69 Å². The molecule has 1 aromatic rings. The van der Waals surface area contributed by atoms with Crippen molar-refractivity contribution in [2.24, 2.45) is 0 Å². The number of carbonyl (C=O) groups excluding carboxylic acids is 1. The summed E-state index contributed by atoms with van der Waals surface area (Å²) < 4.78 is 4.92. The van der Waals surface area contributed by atoms with Crippen molar-refractivity contribution in [1.82, 2.24) is 4.98 Å². The number of nitrogens with zero attached hydrogens (tertiary/aromatic N) is 3. The van der Waals surface area contributed by atoms with E-state index in [0.717, 1.165) is 37.3 Å². The molecule has 21 heavy (non-hydrogen) atoms. The number of pyridine rings is 1. The van der Waals surface area contributed by atoms with Crippen LogP contribution in [-0.2, 0) is 9.53 Å². The minimum absolute atomic E-state index is 0.197. The second-order valence-corrected chi connectivity index (χ2v) is 6.18. The highest BCUT2D eigenvalue weighted by atomic mass is 32.2. The van der Waals surface area contributed by atoms with E-state index in [4.69, 9.17) is 4.74 Å². The molecule has 5 nitrogen and oxygen atoms in total. The first-order valence-electron chi connectivity index (χ1n) is 7.21. The molecule has 0 aromatic carbocycles. The highest BCUT2D eigenvalue weighted by Gasteiger charge is 2.33. The predicted molar refractivity (Wildman–Crippen MR) is 80.5 cm³/mol. The van der Waals surface area contributed by atoms with Gasteiger partial charge in [-0.15, -0.1) is 0 Å². The van der Waals surface area contributed by atoms with Crippen molar-refractivity contribution in [3.05, 3.63) is 17.3 Å². The first-order chi connectivity index (χ1) is 10.2. The van der Waals surface area contributed by atoms with Crippen molar-refractivity contribution >= 4 is 23.4 Å². The van der Waals surface area contributed by atoms with E-state index in [0.29, 0.717) is 23.1 Å². The van der Waals surface area contributed by atoms with E-state index in [-0.39, 0.29) is 11.7 Å². The highest BCUT2D eigenvalue weighted by Crippen LogP contribution is 2.42. The number of thioether (sulfide) groups is 1. The zero-order valence-electron chi connectivity index (χ0n) is 12.0. The Balaban J connectivity index is 1.86. The topological polar surface area (TPSA) is 66.2 Å². The Hall–Kier alpha value is -1.74. The van der Waals surface area contributed by atoms with Crippen LogP contribution in [0, 0.1) is 11.3 Å². The fourth-order valence-electron chi connectivity index (χ4n) is 2.97. The van der Waals surface area contributed by atoms with Crippen molar-refractivity contribution < 1.29 is 9.53 Å². The number of rotatable bonds is 4. The molecular formula is C15H17N3O2S. The van der Waals surface area contributed by atoms with E-state index < -0.39 is 0 Å². The Morgan fingerprint density at radius 3 is 3.00 bits per heavy atom. The van der Waals surface area contributed by atoms with E-state index in [1.54, 1.807) is 6.92 Å². The number of carbonyl (C=O) groups is 1. The SMILES string of the molecule is CCOC(=O)CSc1nc2c(cc1C#N)N1CCC2CC1. The third kappa shape index (κ3) is 2.70. The van der Waals surface area contributed by atoms with Crippen LogP contribution in [0.3, 0.4) is 0 Å². The number of hydrogen-bond donors (Lipinski definition) is 0. The zero-order chi connectivity index (χ0) is 14.8. The molecule has 3 aliphatic heterocycles. The number of fused-ring (bicyclic) bond motifs is 2. The molecule has 4 heterocycles. The Bertz CT molecular complexity index is 604. The minimum atomic E-state index is -0.267. The zero-order valence-corrected chi connectivity index (χ0v) is 12.8. The largest absolute Gasteiger partial charge is 0.465 e. The fraction of sp³-hybridized carbons (Fsp3) is 0.533. The number of aromatic nitrogens is 1. The first-order valence-corrected chi connectivity index (χ1v) is 8.20. The maximum Gasteiger partial charge on any atom is 0.316 e. The van der Waals surface area contributed by atoms with Crippen molar-refractivity contribution in [1.29, 1.82) is 5.26 Å². The summed E-state index contributed by atoms with van der Waals surface area (Å²) in [5.41, 5.74) is 2.75. The summed E-state index contributed by atoms with van der Waals surface area (Å²) in [5, 5.41) is 9.97. The maximum absolute atomic E-state index is 11.5. The lowest BCUT2D eigenvalue weighted by atomic mass is 9.86. The van der Waals surface area contributed by atoms with E-state index >= 15 is 0 Å². The summed E-state index contributed by atoms with van der Waals surface area (Å²) in [7, 11) is 0. The van der Waals surface area contributed by atoms with Crippen molar-refractivity contribution in [2.45, 2.75) is 30.7 Å². The van der Waals surface area contributed by atoms with Gasteiger partial charge in [0.2, 0.25) is 0 Å². The lowest BCUT2D eigenvalue weighted by Gasteiger charge is -2.41. The van der Waals surface area contributed by atoms with Crippen LogP contribution < -0.4 is 4.90 Å². The molecule has 0 atom stereocenters. The summed E-state index contributed by atoms with van der Waals surface area (Å²) in [4.78, 5) is 18.5.